The van der Waals surface area contributed by atoms with Crippen molar-refractivity contribution in [1.82, 2.24) is 0 Å². The Morgan fingerprint density at radius 3 is 0.727 bits per heavy atom. The fraction of sp³-hybridized carbons (Fsp3) is 0.222. The van der Waals surface area contributed by atoms with Crippen molar-refractivity contribution in [2.75, 3.05) is 0 Å². The van der Waals surface area contributed by atoms with Gasteiger partial charge in [-0.15, -0.1) is 78.9 Å². The molecule has 2 amide bonds. The van der Waals surface area contributed by atoms with Gasteiger partial charge in [0.05, 0.1) is 0 Å². The Hall–Kier alpha value is -2.62. The van der Waals surface area contributed by atoms with Gasteiger partial charge in [-0.3, -0.25) is 9.59 Å². The second kappa shape index (κ2) is 102. The van der Waals surface area contributed by atoms with Gasteiger partial charge in [-0.25, -0.2) is 0 Å². The maximum absolute atomic E-state index is 10.2. The number of rotatable bonds is 5. The Morgan fingerprint density at radius 2 is 0.636 bits per heavy atom. The van der Waals surface area contributed by atoms with Crippen molar-refractivity contribution in [2.24, 2.45) is 11.5 Å². The molecule has 0 aromatic rings. The maximum atomic E-state index is 10.2. The second-order valence-corrected chi connectivity index (χ2v) is 2.14. The summed E-state index contributed by atoms with van der Waals surface area (Å²) in [4.78, 5) is 20.3. The number of hydrogen-bond acceptors (Lipinski definition) is 2. The number of primary amides is 2. The van der Waals surface area contributed by atoms with Gasteiger partial charge in [-0.1, -0.05) is 0 Å². The van der Waals surface area contributed by atoms with E-state index in [4.69, 9.17) is 11.5 Å². The lowest BCUT2D eigenvalue weighted by Crippen LogP contribution is -2.12. The summed E-state index contributed by atoms with van der Waals surface area (Å²) >= 11 is 0. The molecule has 0 fully saturated rings. The number of unbranched alkanes of at least 4 members (excludes halogenated alkanes) is 1. The third-order valence-corrected chi connectivity index (χ3v) is 1.10. The van der Waals surface area contributed by atoms with Gasteiger partial charge in [0, 0.05) is 12.8 Å². The van der Waals surface area contributed by atoms with Crippen molar-refractivity contribution in [1.29, 1.82) is 0 Å². The third kappa shape index (κ3) is 243. The zero-order chi connectivity index (χ0) is 20.0. The molecule has 0 aliphatic heterocycles. The molecular formula is C18H36N2O2. The van der Waals surface area contributed by atoms with Crippen molar-refractivity contribution in [3.05, 3.63) is 78.9 Å². The summed E-state index contributed by atoms with van der Waals surface area (Å²) in [7, 11) is 0. The van der Waals surface area contributed by atoms with E-state index in [9.17, 15) is 9.59 Å². The SMILES string of the molecule is C=C.C=C.C=C.C=C.C=C.C=C.NC(=O)CCCCC(N)=O. The van der Waals surface area contributed by atoms with Crippen molar-refractivity contribution in [3.8, 4) is 0 Å². The van der Waals surface area contributed by atoms with Crippen molar-refractivity contribution < 1.29 is 9.59 Å². The molecule has 0 aliphatic rings. The van der Waals surface area contributed by atoms with Crippen LogP contribution in [0.3, 0.4) is 0 Å². The monoisotopic (exact) mass is 312 g/mol. The van der Waals surface area contributed by atoms with Gasteiger partial charge in [0.2, 0.25) is 11.8 Å². The first kappa shape index (κ1) is 42.7. The lowest BCUT2D eigenvalue weighted by Gasteiger charge is -1.93. The van der Waals surface area contributed by atoms with Crippen LogP contribution >= 0.6 is 0 Å². The zero-order valence-electron chi connectivity index (χ0n) is 14.3. The third-order valence-electron chi connectivity index (χ3n) is 1.10. The second-order valence-electron chi connectivity index (χ2n) is 2.14. The first-order chi connectivity index (χ1) is 10.6. The van der Waals surface area contributed by atoms with E-state index in [0.717, 1.165) is 0 Å². The van der Waals surface area contributed by atoms with E-state index in [2.05, 4.69) is 78.9 Å². The molecule has 0 spiro atoms. The zero-order valence-corrected chi connectivity index (χ0v) is 14.3. The van der Waals surface area contributed by atoms with Gasteiger partial charge >= 0.3 is 0 Å². The van der Waals surface area contributed by atoms with Crippen LogP contribution in [0.5, 0.6) is 0 Å². The van der Waals surface area contributed by atoms with E-state index in [1.165, 1.54) is 0 Å². The fourth-order valence-corrected chi connectivity index (χ4v) is 0.598. The minimum atomic E-state index is -0.329. The van der Waals surface area contributed by atoms with Gasteiger partial charge < -0.3 is 11.5 Å². The molecule has 0 aromatic carbocycles. The molecular weight excluding hydrogens is 276 g/mol. The summed E-state index contributed by atoms with van der Waals surface area (Å²) in [6.45, 7) is 36.0. The van der Waals surface area contributed by atoms with Gasteiger partial charge in [-0.2, -0.15) is 0 Å². The summed E-state index contributed by atoms with van der Waals surface area (Å²) in [5.74, 6) is -0.658. The van der Waals surface area contributed by atoms with Crippen LogP contribution in [0.4, 0.5) is 0 Å². The Kier molecular flexibility index (Phi) is 198. The van der Waals surface area contributed by atoms with Crippen LogP contribution in [-0.2, 0) is 9.59 Å². The molecule has 0 heterocycles. The highest BCUT2D eigenvalue weighted by atomic mass is 16.1. The Bertz CT molecular complexity index is 176. The van der Waals surface area contributed by atoms with Crippen LogP contribution < -0.4 is 11.5 Å². The highest BCUT2D eigenvalue weighted by molar-refractivity contribution is 5.74. The number of nitrogens with two attached hydrogens (primary N) is 2. The largest absolute Gasteiger partial charge is 0.370 e. The van der Waals surface area contributed by atoms with E-state index in [1.54, 1.807) is 0 Å². The van der Waals surface area contributed by atoms with Crippen LogP contribution in [-0.4, -0.2) is 11.8 Å². The topological polar surface area (TPSA) is 86.2 Å². The van der Waals surface area contributed by atoms with Gasteiger partial charge in [0.15, 0.2) is 0 Å². The number of carbonyl (C=O) groups is 2. The van der Waals surface area contributed by atoms with Crippen LogP contribution in [0.25, 0.3) is 0 Å². The molecule has 0 aromatic heterocycles. The first-order valence-corrected chi connectivity index (χ1v) is 6.19. The van der Waals surface area contributed by atoms with Crippen LogP contribution in [0.2, 0.25) is 0 Å². The van der Waals surface area contributed by atoms with Crippen LogP contribution in [0, 0.1) is 0 Å². The molecule has 4 N–H and O–H groups in total. The van der Waals surface area contributed by atoms with Crippen molar-refractivity contribution in [2.45, 2.75) is 25.7 Å². The average molecular weight is 312 g/mol. The molecule has 0 rings (SSSR count). The van der Waals surface area contributed by atoms with Crippen molar-refractivity contribution in [3.63, 3.8) is 0 Å². The summed E-state index contributed by atoms with van der Waals surface area (Å²) in [5.41, 5.74) is 9.71. The number of hydrogen-bond donors (Lipinski definition) is 2. The maximum Gasteiger partial charge on any atom is 0.217 e. The number of carbonyl (C=O) groups excluding carboxylic acids is 2. The normalized spacial score (nSPS) is 5.27. The quantitative estimate of drug-likeness (QED) is 0.584. The summed E-state index contributed by atoms with van der Waals surface area (Å²) in [6.07, 6.45) is 1.98. The van der Waals surface area contributed by atoms with Gasteiger partial charge in [0.25, 0.3) is 0 Å². The van der Waals surface area contributed by atoms with E-state index in [0.29, 0.717) is 25.7 Å². The van der Waals surface area contributed by atoms with Crippen LogP contribution in [0.1, 0.15) is 25.7 Å². The lowest BCUT2D eigenvalue weighted by atomic mass is 10.2. The molecule has 0 unspecified atom stereocenters. The van der Waals surface area contributed by atoms with E-state index in [-0.39, 0.29) is 11.8 Å². The molecule has 0 radical (unpaired) electrons. The minimum Gasteiger partial charge on any atom is -0.370 e. The summed E-state index contributed by atoms with van der Waals surface area (Å²) < 4.78 is 0. The Labute approximate surface area is 138 Å². The summed E-state index contributed by atoms with van der Waals surface area (Å²) in [6, 6.07) is 0. The molecule has 130 valence electrons. The van der Waals surface area contributed by atoms with Gasteiger partial charge in [0.1, 0.15) is 0 Å². The Morgan fingerprint density at radius 1 is 0.500 bits per heavy atom. The molecule has 4 nitrogen and oxygen atoms in total. The summed E-state index contributed by atoms with van der Waals surface area (Å²) in [5, 5.41) is 0. The van der Waals surface area contributed by atoms with Crippen LogP contribution in [0.15, 0.2) is 78.9 Å². The highest BCUT2D eigenvalue weighted by Crippen LogP contribution is 1.97. The lowest BCUT2D eigenvalue weighted by molar-refractivity contribution is -0.119. The molecule has 0 saturated carbocycles. The predicted octanol–water partition coefficient (Wildman–Crippen LogP) is 4.33. The molecule has 22 heavy (non-hydrogen) atoms. The predicted molar refractivity (Wildman–Crippen MR) is 104 cm³/mol. The Balaban J connectivity index is -0.0000000315. The molecule has 0 aliphatic carbocycles. The molecule has 0 saturated heterocycles. The van der Waals surface area contributed by atoms with E-state index >= 15 is 0 Å². The molecule has 0 atom stereocenters. The molecule has 0 bridgehead atoms. The average Bonchev–Trinajstić information content (AvgIpc) is 2.62. The minimum absolute atomic E-state index is 0.329. The first-order valence-electron chi connectivity index (χ1n) is 6.19. The van der Waals surface area contributed by atoms with Gasteiger partial charge in [-0.05, 0) is 12.8 Å². The van der Waals surface area contributed by atoms with E-state index in [1.807, 2.05) is 0 Å². The fourth-order valence-electron chi connectivity index (χ4n) is 0.598. The standard InChI is InChI=1S/C6H12N2O2.6C2H4/c7-5(9)3-1-2-4-6(8)10;6*1-2/h1-4H2,(H2,7,9)(H2,8,10);6*1-2H2. The van der Waals surface area contributed by atoms with Crippen molar-refractivity contribution >= 4 is 11.8 Å². The van der Waals surface area contributed by atoms with E-state index < -0.39 is 0 Å². The molecule has 4 heteroatoms. The smallest absolute Gasteiger partial charge is 0.217 e. The highest BCUT2D eigenvalue weighted by Gasteiger charge is 1.96. The number of amides is 2.